The van der Waals surface area contributed by atoms with Crippen molar-refractivity contribution in [2.45, 2.75) is 6.92 Å². The van der Waals surface area contributed by atoms with Crippen LogP contribution in [0.3, 0.4) is 0 Å². The molecule has 1 N–H and O–H groups in total. The van der Waals surface area contributed by atoms with Crippen molar-refractivity contribution in [2.24, 2.45) is 0 Å². The second kappa shape index (κ2) is 5.86. The molecule has 19 heavy (non-hydrogen) atoms. The smallest absolute Gasteiger partial charge is 0.256 e. The van der Waals surface area contributed by atoms with Gasteiger partial charge in [0.25, 0.3) is 5.91 Å². The highest BCUT2D eigenvalue weighted by Gasteiger charge is 2.12. The molecule has 1 amide bonds. The molecule has 0 spiro atoms. The lowest BCUT2D eigenvalue weighted by Crippen LogP contribution is -2.13. The van der Waals surface area contributed by atoms with Crippen LogP contribution in [0.1, 0.15) is 15.9 Å². The van der Waals surface area contributed by atoms with E-state index in [0.29, 0.717) is 5.56 Å². The fourth-order valence-corrected chi connectivity index (χ4v) is 2.37. The van der Waals surface area contributed by atoms with Crippen LogP contribution in [0.2, 0.25) is 10.2 Å². The number of nitrogens with one attached hydrogen (secondary N) is 1. The molecule has 1 aromatic carbocycles. The summed E-state index contributed by atoms with van der Waals surface area (Å²) in [5.74, 6) is -0.134. The van der Waals surface area contributed by atoms with Crippen LogP contribution < -0.4 is 5.32 Å². The summed E-state index contributed by atoms with van der Waals surface area (Å²) in [5.41, 5.74) is 1.46. The van der Waals surface area contributed by atoms with Gasteiger partial charge in [-0.05, 0) is 30.7 Å². The van der Waals surface area contributed by atoms with E-state index in [1.54, 1.807) is 12.1 Å². The number of anilines is 1. The predicted molar refractivity (Wildman–Crippen MR) is 78.9 cm³/mol. The van der Waals surface area contributed by atoms with E-state index in [-0.39, 0.29) is 21.9 Å². The molecular weight excluding hydrogens is 353 g/mol. The molecule has 2 aromatic rings. The van der Waals surface area contributed by atoms with Gasteiger partial charge in [0.05, 0.1) is 0 Å². The largest absolute Gasteiger partial charge is 0.305 e. The number of carbonyl (C=O) groups excluding carboxylic acids is 1. The van der Waals surface area contributed by atoms with E-state index in [1.807, 2.05) is 13.0 Å². The quantitative estimate of drug-likeness (QED) is 0.820. The summed E-state index contributed by atoms with van der Waals surface area (Å²) in [4.78, 5) is 19.7. The van der Waals surface area contributed by atoms with Gasteiger partial charge in [-0.1, -0.05) is 39.1 Å². The van der Waals surface area contributed by atoms with Gasteiger partial charge in [0.2, 0.25) is 0 Å². The predicted octanol–water partition coefficient (Wildman–Crippen LogP) is 4.11. The first-order valence-electron chi connectivity index (χ1n) is 5.22. The van der Waals surface area contributed by atoms with E-state index in [1.165, 1.54) is 6.33 Å². The second-order valence-corrected chi connectivity index (χ2v) is 5.45. The first-order chi connectivity index (χ1) is 8.97. The van der Waals surface area contributed by atoms with Gasteiger partial charge < -0.3 is 5.32 Å². The summed E-state index contributed by atoms with van der Waals surface area (Å²) in [6, 6.07) is 5.38. The van der Waals surface area contributed by atoms with Crippen LogP contribution in [-0.4, -0.2) is 15.9 Å². The molecule has 0 radical (unpaired) electrons. The molecule has 0 fully saturated rings. The minimum atomic E-state index is -0.318. The van der Waals surface area contributed by atoms with E-state index in [4.69, 9.17) is 23.2 Å². The van der Waals surface area contributed by atoms with Crippen LogP contribution in [0.5, 0.6) is 0 Å². The molecule has 7 heteroatoms. The zero-order valence-electron chi connectivity index (χ0n) is 9.75. The van der Waals surface area contributed by atoms with Crippen molar-refractivity contribution >= 4 is 50.9 Å². The molecule has 0 saturated carbocycles. The molecule has 0 bridgehead atoms. The average Bonchev–Trinajstić information content (AvgIpc) is 2.33. The van der Waals surface area contributed by atoms with Gasteiger partial charge in [-0.15, -0.1) is 0 Å². The van der Waals surface area contributed by atoms with Crippen LogP contribution in [0, 0.1) is 6.92 Å². The summed E-state index contributed by atoms with van der Waals surface area (Å²) < 4.78 is 0.824. The Morgan fingerprint density at radius 3 is 2.68 bits per heavy atom. The lowest BCUT2D eigenvalue weighted by Gasteiger charge is -2.07. The van der Waals surface area contributed by atoms with Crippen molar-refractivity contribution in [1.29, 1.82) is 0 Å². The van der Waals surface area contributed by atoms with Crippen molar-refractivity contribution < 1.29 is 4.79 Å². The fourth-order valence-electron chi connectivity index (χ4n) is 1.48. The number of carbonyl (C=O) groups is 1. The Kier molecular flexibility index (Phi) is 4.39. The Labute approximate surface area is 128 Å². The number of halogens is 3. The molecule has 98 valence electrons. The van der Waals surface area contributed by atoms with E-state index in [9.17, 15) is 4.79 Å². The highest BCUT2D eigenvalue weighted by atomic mass is 79.9. The number of benzene rings is 1. The van der Waals surface area contributed by atoms with Crippen molar-refractivity contribution in [1.82, 2.24) is 9.97 Å². The number of hydrogen-bond donors (Lipinski definition) is 1. The number of amides is 1. The minimum absolute atomic E-state index is 0.0948. The average molecular weight is 361 g/mol. The number of nitrogens with zero attached hydrogens (tertiary/aromatic N) is 2. The van der Waals surface area contributed by atoms with Gasteiger partial charge in [-0.25, -0.2) is 9.97 Å². The lowest BCUT2D eigenvalue weighted by atomic mass is 10.1. The maximum atomic E-state index is 12.1. The Morgan fingerprint density at radius 1 is 1.26 bits per heavy atom. The first-order valence-corrected chi connectivity index (χ1v) is 6.77. The van der Waals surface area contributed by atoms with Crippen LogP contribution >= 0.6 is 39.1 Å². The third-order valence-corrected chi connectivity index (χ3v) is 3.48. The molecule has 1 aromatic heterocycles. The molecule has 0 aliphatic carbocycles. The van der Waals surface area contributed by atoms with E-state index >= 15 is 0 Å². The van der Waals surface area contributed by atoms with Gasteiger partial charge in [0.1, 0.15) is 11.3 Å². The number of hydrogen-bond acceptors (Lipinski definition) is 3. The molecule has 0 saturated heterocycles. The molecule has 0 atom stereocenters. The van der Waals surface area contributed by atoms with Crippen LogP contribution in [-0.2, 0) is 0 Å². The summed E-state index contributed by atoms with van der Waals surface area (Å²) in [5, 5.41) is 2.80. The summed E-state index contributed by atoms with van der Waals surface area (Å²) in [6.07, 6.45) is 1.23. The van der Waals surface area contributed by atoms with Crippen molar-refractivity contribution in [3.05, 3.63) is 50.3 Å². The molecule has 4 nitrogen and oxygen atoms in total. The van der Waals surface area contributed by atoms with E-state index in [2.05, 4.69) is 31.2 Å². The maximum Gasteiger partial charge on any atom is 0.256 e. The third-order valence-electron chi connectivity index (χ3n) is 2.28. The fraction of sp³-hybridized carbons (Fsp3) is 0.0833. The Bertz CT molecular complexity index is 629. The van der Waals surface area contributed by atoms with E-state index < -0.39 is 0 Å². The molecule has 1 heterocycles. The van der Waals surface area contributed by atoms with Crippen molar-refractivity contribution in [2.75, 3.05) is 5.32 Å². The van der Waals surface area contributed by atoms with E-state index in [0.717, 1.165) is 10.0 Å². The SMILES string of the molecule is Cc1cc(Br)cc(C(=O)Nc2ncnc(Cl)c2Cl)c1. The van der Waals surface area contributed by atoms with Crippen molar-refractivity contribution in [3.63, 3.8) is 0 Å². The lowest BCUT2D eigenvalue weighted by molar-refractivity contribution is 0.102. The highest BCUT2D eigenvalue weighted by molar-refractivity contribution is 9.10. The monoisotopic (exact) mass is 359 g/mol. The van der Waals surface area contributed by atoms with Gasteiger partial charge in [0, 0.05) is 10.0 Å². The molecule has 0 aliphatic rings. The standard InChI is InChI=1S/C12H8BrCl2N3O/c1-6-2-7(4-8(13)3-6)12(19)18-11-9(14)10(15)16-5-17-11/h2-5H,1H3,(H,16,17,18,19). The Balaban J connectivity index is 2.28. The molecule has 0 unspecified atom stereocenters. The maximum absolute atomic E-state index is 12.1. The zero-order valence-corrected chi connectivity index (χ0v) is 12.8. The van der Waals surface area contributed by atoms with Crippen molar-refractivity contribution in [3.8, 4) is 0 Å². The molecular formula is C12H8BrCl2N3O. The molecule has 0 aliphatic heterocycles. The third kappa shape index (κ3) is 3.43. The van der Waals surface area contributed by atoms with Gasteiger partial charge in [-0.2, -0.15) is 0 Å². The summed E-state index contributed by atoms with van der Waals surface area (Å²) in [6.45, 7) is 1.90. The van der Waals surface area contributed by atoms with Crippen LogP contribution in [0.4, 0.5) is 5.82 Å². The summed E-state index contributed by atoms with van der Waals surface area (Å²) >= 11 is 15.0. The topological polar surface area (TPSA) is 54.9 Å². The normalized spacial score (nSPS) is 10.3. The zero-order chi connectivity index (χ0) is 14.0. The van der Waals surface area contributed by atoms with Gasteiger partial charge in [-0.3, -0.25) is 4.79 Å². The number of aryl methyl sites for hydroxylation is 1. The van der Waals surface area contributed by atoms with Crippen LogP contribution in [0.25, 0.3) is 0 Å². The van der Waals surface area contributed by atoms with Gasteiger partial charge >= 0.3 is 0 Å². The first kappa shape index (κ1) is 14.2. The Morgan fingerprint density at radius 2 is 2.00 bits per heavy atom. The summed E-state index contributed by atoms with van der Waals surface area (Å²) in [7, 11) is 0. The second-order valence-electron chi connectivity index (χ2n) is 3.80. The van der Waals surface area contributed by atoms with Gasteiger partial charge in [0.15, 0.2) is 11.0 Å². The number of aromatic nitrogens is 2. The highest BCUT2D eigenvalue weighted by Crippen LogP contribution is 2.26. The minimum Gasteiger partial charge on any atom is -0.305 e. The Hall–Kier alpha value is -1.17. The molecule has 2 rings (SSSR count). The van der Waals surface area contributed by atoms with Crippen LogP contribution in [0.15, 0.2) is 29.0 Å². The number of rotatable bonds is 2.